The van der Waals surface area contributed by atoms with Gasteiger partial charge < -0.3 is 0 Å². The van der Waals surface area contributed by atoms with Gasteiger partial charge in [0, 0.05) is 24.0 Å². The summed E-state index contributed by atoms with van der Waals surface area (Å²) in [6.45, 7) is 1.72. The van der Waals surface area contributed by atoms with Gasteiger partial charge in [-0.1, -0.05) is 31.0 Å². The molecule has 1 nitrogen and oxygen atoms in total. The first-order valence-electron chi connectivity index (χ1n) is 6.34. The van der Waals surface area contributed by atoms with E-state index < -0.39 is 0 Å². The summed E-state index contributed by atoms with van der Waals surface area (Å²) in [5, 5.41) is 0. The third-order valence-corrected chi connectivity index (χ3v) is 3.86. The predicted molar refractivity (Wildman–Crippen MR) is 69.8 cm³/mol. The molecule has 0 N–H and O–H groups in total. The highest BCUT2D eigenvalue weighted by Crippen LogP contribution is 2.21. The molecule has 1 atom stereocenters. The molecular weight excluding hydrogens is 237 g/mol. The fraction of sp³-hybridized carbons (Fsp3) is 0.571. The van der Waals surface area contributed by atoms with Crippen LogP contribution in [-0.2, 0) is 6.54 Å². The average Bonchev–Trinajstić information content (AvgIpc) is 2.57. The lowest BCUT2D eigenvalue weighted by molar-refractivity contribution is 0.205. The Labute approximate surface area is 108 Å². The van der Waals surface area contributed by atoms with Crippen LogP contribution in [0, 0.1) is 5.82 Å². The van der Waals surface area contributed by atoms with Crippen LogP contribution in [0.15, 0.2) is 24.3 Å². The van der Waals surface area contributed by atoms with Gasteiger partial charge in [0.1, 0.15) is 5.82 Å². The molecule has 2 rings (SSSR count). The molecule has 0 spiro atoms. The van der Waals surface area contributed by atoms with E-state index in [1.807, 2.05) is 12.1 Å². The maximum absolute atomic E-state index is 13.6. The van der Waals surface area contributed by atoms with Gasteiger partial charge in [-0.15, -0.1) is 11.6 Å². The van der Waals surface area contributed by atoms with Gasteiger partial charge in [-0.3, -0.25) is 4.90 Å². The molecule has 1 aromatic carbocycles. The van der Waals surface area contributed by atoms with Crippen LogP contribution in [0.1, 0.15) is 31.2 Å². The molecule has 0 bridgehead atoms. The Kier molecular flexibility index (Phi) is 4.81. The highest BCUT2D eigenvalue weighted by molar-refractivity contribution is 6.18. The van der Waals surface area contributed by atoms with E-state index in [4.69, 9.17) is 11.6 Å². The monoisotopic (exact) mass is 255 g/mol. The van der Waals surface area contributed by atoms with Crippen molar-refractivity contribution in [2.45, 2.75) is 38.3 Å². The summed E-state index contributed by atoms with van der Waals surface area (Å²) in [7, 11) is 0. The standard InChI is InChI=1S/C14H19ClFN/c15-10-13-7-2-1-5-9-17(13)11-12-6-3-4-8-14(12)16/h3-4,6,8,13H,1-2,5,7,9-11H2. The zero-order valence-corrected chi connectivity index (χ0v) is 10.8. The van der Waals surface area contributed by atoms with Gasteiger partial charge >= 0.3 is 0 Å². The molecule has 0 amide bonds. The van der Waals surface area contributed by atoms with E-state index in [1.165, 1.54) is 25.3 Å². The van der Waals surface area contributed by atoms with Crippen LogP contribution in [0.2, 0.25) is 0 Å². The Hall–Kier alpha value is -0.600. The molecule has 0 saturated carbocycles. The van der Waals surface area contributed by atoms with Crippen molar-refractivity contribution in [2.75, 3.05) is 12.4 Å². The zero-order chi connectivity index (χ0) is 12.1. The van der Waals surface area contributed by atoms with Gasteiger partial charge in [0.2, 0.25) is 0 Å². The van der Waals surface area contributed by atoms with Crippen LogP contribution in [0.4, 0.5) is 4.39 Å². The van der Waals surface area contributed by atoms with Crippen molar-refractivity contribution in [2.24, 2.45) is 0 Å². The van der Waals surface area contributed by atoms with E-state index in [0.717, 1.165) is 18.5 Å². The lowest BCUT2D eigenvalue weighted by atomic mass is 10.1. The smallest absolute Gasteiger partial charge is 0.127 e. The number of alkyl halides is 1. The van der Waals surface area contributed by atoms with Gasteiger partial charge in [-0.2, -0.15) is 0 Å². The minimum atomic E-state index is -0.106. The average molecular weight is 256 g/mol. The van der Waals surface area contributed by atoms with Crippen LogP contribution >= 0.6 is 11.6 Å². The van der Waals surface area contributed by atoms with E-state index in [2.05, 4.69) is 4.90 Å². The minimum Gasteiger partial charge on any atom is -0.295 e. The molecule has 1 unspecified atom stereocenters. The fourth-order valence-electron chi connectivity index (χ4n) is 2.47. The summed E-state index contributed by atoms with van der Waals surface area (Å²) >= 11 is 6.02. The Balaban J connectivity index is 2.07. The van der Waals surface area contributed by atoms with E-state index in [9.17, 15) is 4.39 Å². The van der Waals surface area contributed by atoms with Crippen molar-refractivity contribution in [3.63, 3.8) is 0 Å². The van der Waals surface area contributed by atoms with Crippen LogP contribution in [0.5, 0.6) is 0 Å². The summed E-state index contributed by atoms with van der Waals surface area (Å²) in [6.07, 6.45) is 4.84. The summed E-state index contributed by atoms with van der Waals surface area (Å²) < 4.78 is 13.6. The molecule has 1 heterocycles. The van der Waals surface area contributed by atoms with Gasteiger partial charge in [0.05, 0.1) is 0 Å². The maximum Gasteiger partial charge on any atom is 0.127 e. The highest BCUT2D eigenvalue weighted by atomic mass is 35.5. The van der Waals surface area contributed by atoms with Crippen LogP contribution in [0.25, 0.3) is 0 Å². The molecule has 0 aromatic heterocycles. The second kappa shape index (κ2) is 6.36. The van der Waals surface area contributed by atoms with Crippen molar-refractivity contribution in [1.82, 2.24) is 4.90 Å². The van der Waals surface area contributed by atoms with E-state index in [0.29, 0.717) is 18.5 Å². The molecule has 1 aliphatic rings. The predicted octanol–water partition coefficient (Wildman–Crippen LogP) is 3.81. The van der Waals surface area contributed by atoms with E-state index in [1.54, 1.807) is 6.07 Å². The summed E-state index contributed by atoms with van der Waals surface area (Å²) in [5.74, 6) is 0.541. The lowest BCUT2D eigenvalue weighted by Crippen LogP contribution is -2.35. The topological polar surface area (TPSA) is 3.24 Å². The van der Waals surface area contributed by atoms with Crippen molar-refractivity contribution in [3.8, 4) is 0 Å². The van der Waals surface area contributed by atoms with Crippen molar-refractivity contribution >= 4 is 11.6 Å². The second-order valence-electron chi connectivity index (χ2n) is 4.72. The molecule has 0 radical (unpaired) electrons. The molecule has 17 heavy (non-hydrogen) atoms. The Morgan fingerprint density at radius 1 is 1.24 bits per heavy atom. The second-order valence-corrected chi connectivity index (χ2v) is 5.03. The largest absolute Gasteiger partial charge is 0.295 e. The number of hydrogen-bond acceptors (Lipinski definition) is 1. The molecule has 0 aliphatic carbocycles. The lowest BCUT2D eigenvalue weighted by Gasteiger charge is -2.28. The third kappa shape index (κ3) is 3.43. The molecule has 3 heteroatoms. The molecule has 94 valence electrons. The molecular formula is C14H19ClFN. The normalized spacial score (nSPS) is 22.4. The number of nitrogens with zero attached hydrogens (tertiary/aromatic N) is 1. The molecule has 1 aliphatic heterocycles. The van der Waals surface area contributed by atoms with Crippen molar-refractivity contribution in [1.29, 1.82) is 0 Å². The Morgan fingerprint density at radius 3 is 2.82 bits per heavy atom. The first kappa shape index (κ1) is 12.8. The number of rotatable bonds is 3. The van der Waals surface area contributed by atoms with Gasteiger partial charge in [0.15, 0.2) is 0 Å². The zero-order valence-electron chi connectivity index (χ0n) is 10.0. The third-order valence-electron chi connectivity index (χ3n) is 3.51. The van der Waals surface area contributed by atoms with Gasteiger partial charge in [-0.05, 0) is 25.5 Å². The van der Waals surface area contributed by atoms with E-state index >= 15 is 0 Å². The number of halogens is 2. The van der Waals surface area contributed by atoms with Crippen LogP contribution in [0.3, 0.4) is 0 Å². The quantitative estimate of drug-likeness (QED) is 0.743. The van der Waals surface area contributed by atoms with Gasteiger partial charge in [0.25, 0.3) is 0 Å². The minimum absolute atomic E-state index is 0.106. The number of benzene rings is 1. The van der Waals surface area contributed by atoms with Crippen molar-refractivity contribution < 1.29 is 4.39 Å². The Bertz CT molecular complexity index is 356. The number of likely N-dealkylation sites (tertiary alicyclic amines) is 1. The van der Waals surface area contributed by atoms with Crippen LogP contribution < -0.4 is 0 Å². The first-order chi connectivity index (χ1) is 8.31. The summed E-state index contributed by atoms with van der Waals surface area (Å²) in [6, 6.07) is 7.43. The number of hydrogen-bond donors (Lipinski definition) is 0. The maximum atomic E-state index is 13.6. The molecule has 1 aromatic rings. The fourth-order valence-corrected chi connectivity index (χ4v) is 2.81. The van der Waals surface area contributed by atoms with E-state index in [-0.39, 0.29) is 5.82 Å². The summed E-state index contributed by atoms with van der Waals surface area (Å²) in [4.78, 5) is 2.33. The summed E-state index contributed by atoms with van der Waals surface area (Å²) in [5.41, 5.74) is 0.782. The molecule has 1 fully saturated rings. The molecule has 1 saturated heterocycles. The van der Waals surface area contributed by atoms with Gasteiger partial charge in [-0.25, -0.2) is 4.39 Å². The van der Waals surface area contributed by atoms with Crippen molar-refractivity contribution in [3.05, 3.63) is 35.6 Å². The first-order valence-corrected chi connectivity index (χ1v) is 6.88. The Morgan fingerprint density at radius 2 is 2.06 bits per heavy atom. The highest BCUT2D eigenvalue weighted by Gasteiger charge is 2.20. The van der Waals surface area contributed by atoms with Crippen LogP contribution in [-0.4, -0.2) is 23.4 Å². The SMILES string of the molecule is Fc1ccccc1CN1CCCCCC1CCl.